The van der Waals surface area contributed by atoms with Crippen molar-refractivity contribution in [2.75, 3.05) is 0 Å². The smallest absolute Gasteiger partial charge is 0.0796 e. The van der Waals surface area contributed by atoms with Crippen LogP contribution in [0, 0.1) is 0 Å². The van der Waals surface area contributed by atoms with Crippen molar-refractivity contribution in [1.29, 1.82) is 0 Å². The average Bonchev–Trinajstić information content (AvgIpc) is 3.32. The molecule has 0 unspecified atom stereocenters. The zero-order valence-electron chi connectivity index (χ0n) is 13.4. The maximum atomic E-state index is 5.60. The van der Waals surface area contributed by atoms with Crippen LogP contribution in [-0.2, 0) is 39.0 Å². The van der Waals surface area contributed by atoms with Gasteiger partial charge in [0.1, 0.15) is 0 Å². The largest absolute Gasteiger partial charge is 0.499 e. The molecular formula is C22H17OZr-. The van der Waals surface area contributed by atoms with Gasteiger partial charge < -0.3 is 4.42 Å². The van der Waals surface area contributed by atoms with Gasteiger partial charge in [-0.05, 0) is 36.5 Å². The molecule has 0 radical (unpaired) electrons. The van der Waals surface area contributed by atoms with Gasteiger partial charge in [-0.2, -0.15) is 0 Å². The zero-order valence-corrected chi connectivity index (χ0v) is 15.8. The molecule has 1 nitrogen and oxygen atoms in total. The van der Waals surface area contributed by atoms with Gasteiger partial charge in [0.2, 0.25) is 0 Å². The van der Waals surface area contributed by atoms with E-state index in [1.54, 1.807) is 11.8 Å². The van der Waals surface area contributed by atoms with E-state index in [4.69, 9.17) is 4.42 Å². The van der Waals surface area contributed by atoms with Gasteiger partial charge in [-0.15, -0.1) is 29.0 Å². The minimum absolute atomic E-state index is 0. The van der Waals surface area contributed by atoms with E-state index in [-0.39, 0.29) is 26.2 Å². The van der Waals surface area contributed by atoms with Gasteiger partial charge in [-0.25, -0.2) is 0 Å². The summed E-state index contributed by atoms with van der Waals surface area (Å²) >= 11 is 0. The molecule has 0 saturated carbocycles. The fourth-order valence-electron chi connectivity index (χ4n) is 3.94. The van der Waals surface area contributed by atoms with Gasteiger partial charge in [-0.1, -0.05) is 53.1 Å². The first-order valence-corrected chi connectivity index (χ1v) is 8.25. The van der Waals surface area contributed by atoms with Crippen LogP contribution in [-0.4, -0.2) is 0 Å². The van der Waals surface area contributed by atoms with Crippen LogP contribution >= 0.6 is 0 Å². The second kappa shape index (κ2) is 6.26. The first-order valence-electron chi connectivity index (χ1n) is 8.25. The standard InChI is InChI=1S/C22H17O.Zr/c1-2-6-15(7-3-1)22-19-9-4-8-16(19)12-17-13-18(14-20(17)22)21-10-5-11-23-21;/h1-3,5-7,10-14H,4,8-9H2;/q-1;. The molecule has 1 heterocycles. The molecule has 1 aliphatic carbocycles. The minimum Gasteiger partial charge on any atom is -0.499 e. The van der Waals surface area contributed by atoms with Gasteiger partial charge in [0.15, 0.2) is 0 Å². The van der Waals surface area contributed by atoms with Crippen LogP contribution in [0.4, 0.5) is 0 Å². The fraction of sp³-hybridized carbons (Fsp3) is 0.136. The molecule has 0 amide bonds. The molecule has 0 bridgehead atoms. The van der Waals surface area contributed by atoms with Crippen LogP contribution in [0.3, 0.4) is 0 Å². The normalized spacial score (nSPS) is 13.0. The SMILES string of the molecule is [Zr].c1ccc(-c2c3c(cc4[cH-]c(-c5ccco5)cc24)CCC3)cc1. The Labute approximate surface area is 160 Å². The molecule has 24 heavy (non-hydrogen) atoms. The monoisotopic (exact) mass is 387 g/mol. The number of furan rings is 1. The van der Waals surface area contributed by atoms with Crippen molar-refractivity contribution < 1.29 is 30.6 Å². The predicted molar refractivity (Wildman–Crippen MR) is 94.7 cm³/mol. The molecule has 3 aromatic carbocycles. The third kappa shape index (κ3) is 2.45. The van der Waals surface area contributed by atoms with Gasteiger partial charge in [0.25, 0.3) is 0 Å². The van der Waals surface area contributed by atoms with E-state index in [1.165, 1.54) is 52.3 Å². The van der Waals surface area contributed by atoms with Gasteiger partial charge >= 0.3 is 0 Å². The first-order chi connectivity index (χ1) is 11.4. The third-order valence-electron chi connectivity index (χ3n) is 4.95. The molecule has 1 aliphatic rings. The maximum absolute atomic E-state index is 5.60. The number of aryl methyl sites for hydroxylation is 1. The Kier molecular flexibility index (Phi) is 4.10. The Bertz CT molecular complexity index is 978. The summed E-state index contributed by atoms with van der Waals surface area (Å²) < 4.78 is 5.60. The zero-order chi connectivity index (χ0) is 15.2. The number of benzene rings is 2. The van der Waals surface area contributed by atoms with Crippen LogP contribution in [0.15, 0.2) is 71.3 Å². The van der Waals surface area contributed by atoms with Crippen molar-refractivity contribution in [1.82, 2.24) is 0 Å². The van der Waals surface area contributed by atoms with Gasteiger partial charge in [0.05, 0.1) is 12.0 Å². The van der Waals surface area contributed by atoms with Crippen molar-refractivity contribution in [3.8, 4) is 22.5 Å². The molecule has 0 N–H and O–H groups in total. The fourth-order valence-corrected chi connectivity index (χ4v) is 3.94. The summed E-state index contributed by atoms with van der Waals surface area (Å²) in [6, 6.07) is 21.7. The van der Waals surface area contributed by atoms with Crippen LogP contribution in [0.1, 0.15) is 17.5 Å². The van der Waals surface area contributed by atoms with Crippen LogP contribution in [0.5, 0.6) is 0 Å². The molecule has 0 fully saturated rings. The molecule has 0 atom stereocenters. The number of rotatable bonds is 2. The summed E-state index contributed by atoms with van der Waals surface area (Å²) in [6.45, 7) is 0. The number of hydrogen-bond acceptors (Lipinski definition) is 1. The first kappa shape index (κ1) is 15.7. The molecule has 0 aliphatic heterocycles. The molecule has 116 valence electrons. The molecule has 0 saturated heterocycles. The number of fused-ring (bicyclic) bond motifs is 2. The van der Waals surface area contributed by atoms with E-state index < -0.39 is 0 Å². The van der Waals surface area contributed by atoms with Crippen molar-refractivity contribution in [2.45, 2.75) is 19.3 Å². The second-order valence-electron chi connectivity index (χ2n) is 6.33. The molecule has 2 heteroatoms. The summed E-state index contributed by atoms with van der Waals surface area (Å²) in [5.41, 5.74) is 6.99. The summed E-state index contributed by atoms with van der Waals surface area (Å²) in [6.07, 6.45) is 5.40. The van der Waals surface area contributed by atoms with Crippen molar-refractivity contribution in [3.05, 3.63) is 78.1 Å². The van der Waals surface area contributed by atoms with Crippen molar-refractivity contribution in [2.24, 2.45) is 0 Å². The topological polar surface area (TPSA) is 13.1 Å². The minimum atomic E-state index is 0. The van der Waals surface area contributed by atoms with Crippen LogP contribution in [0.25, 0.3) is 33.2 Å². The average molecular weight is 389 g/mol. The summed E-state index contributed by atoms with van der Waals surface area (Å²) in [5.74, 6) is 0.945. The Morgan fingerprint density at radius 2 is 1.79 bits per heavy atom. The Morgan fingerprint density at radius 1 is 0.917 bits per heavy atom. The van der Waals surface area contributed by atoms with E-state index in [9.17, 15) is 0 Å². The van der Waals surface area contributed by atoms with E-state index in [0.717, 1.165) is 5.76 Å². The van der Waals surface area contributed by atoms with Crippen molar-refractivity contribution >= 4 is 10.8 Å². The summed E-state index contributed by atoms with van der Waals surface area (Å²) in [5, 5.41) is 2.68. The van der Waals surface area contributed by atoms with Crippen LogP contribution < -0.4 is 0 Å². The summed E-state index contributed by atoms with van der Waals surface area (Å²) in [7, 11) is 0. The van der Waals surface area contributed by atoms with Gasteiger partial charge in [0, 0.05) is 26.2 Å². The van der Waals surface area contributed by atoms with Gasteiger partial charge in [-0.3, -0.25) is 0 Å². The Balaban J connectivity index is 0.00000146. The summed E-state index contributed by atoms with van der Waals surface area (Å²) in [4.78, 5) is 0. The maximum Gasteiger partial charge on any atom is 0.0796 e. The quantitative estimate of drug-likeness (QED) is 0.385. The van der Waals surface area contributed by atoms with E-state index in [0.29, 0.717) is 0 Å². The molecule has 4 aromatic rings. The molecule has 1 aromatic heterocycles. The molecule has 0 spiro atoms. The van der Waals surface area contributed by atoms with Crippen LogP contribution in [0.2, 0.25) is 0 Å². The Hall–Kier alpha value is -1.79. The van der Waals surface area contributed by atoms with Crippen molar-refractivity contribution in [3.63, 3.8) is 0 Å². The van der Waals surface area contributed by atoms with E-state index in [2.05, 4.69) is 48.5 Å². The second-order valence-corrected chi connectivity index (χ2v) is 6.33. The van der Waals surface area contributed by atoms with E-state index in [1.807, 2.05) is 12.1 Å². The number of hydrogen-bond donors (Lipinski definition) is 0. The predicted octanol–water partition coefficient (Wildman–Crippen LogP) is 5.97. The third-order valence-corrected chi connectivity index (χ3v) is 4.95. The molecular weight excluding hydrogens is 371 g/mol. The Morgan fingerprint density at radius 3 is 2.58 bits per heavy atom. The molecule has 5 rings (SSSR count). The van der Waals surface area contributed by atoms with E-state index >= 15 is 0 Å².